The van der Waals surface area contributed by atoms with Gasteiger partial charge in [0, 0.05) is 33.8 Å². The Morgan fingerprint density at radius 3 is 2.27 bits per heavy atom. The van der Waals surface area contributed by atoms with Gasteiger partial charge in [-0.15, -0.1) is 0 Å². The molecule has 0 saturated carbocycles. The van der Waals surface area contributed by atoms with E-state index in [0.717, 1.165) is 24.0 Å². The topological polar surface area (TPSA) is 30.5 Å². The maximum atomic E-state index is 6.31. The predicted octanol–water partition coefficient (Wildman–Crippen LogP) is 7.21. The molecule has 0 amide bonds. The van der Waals surface area contributed by atoms with E-state index in [1.807, 2.05) is 42.5 Å². The Balaban J connectivity index is 1.79. The maximum absolute atomic E-state index is 6.31. The van der Waals surface area contributed by atoms with Gasteiger partial charge in [-0.1, -0.05) is 85.1 Å². The van der Waals surface area contributed by atoms with Crippen molar-refractivity contribution in [2.24, 2.45) is 0 Å². The molecule has 3 aromatic carbocycles. The molecule has 3 aromatic rings. The fourth-order valence-corrected chi connectivity index (χ4v) is 3.94. The smallest absolute Gasteiger partial charge is 0.166 e. The maximum Gasteiger partial charge on any atom is 0.166 e. The summed E-state index contributed by atoms with van der Waals surface area (Å²) in [5, 5.41) is 4.85. The molecule has 0 bridgehead atoms. The Labute approximate surface area is 188 Å². The molecular formula is C25H27Cl2NO2. The third-order valence-corrected chi connectivity index (χ3v) is 5.73. The molecule has 0 saturated heterocycles. The van der Waals surface area contributed by atoms with Gasteiger partial charge in [0.1, 0.15) is 6.61 Å². The van der Waals surface area contributed by atoms with Gasteiger partial charge < -0.3 is 14.8 Å². The minimum Gasteiger partial charge on any atom is -0.493 e. The van der Waals surface area contributed by atoms with Crippen molar-refractivity contribution in [3.8, 4) is 11.5 Å². The highest BCUT2D eigenvalue weighted by molar-refractivity contribution is 6.35. The van der Waals surface area contributed by atoms with Crippen LogP contribution in [-0.2, 0) is 13.2 Å². The van der Waals surface area contributed by atoms with Crippen LogP contribution in [0.25, 0.3) is 0 Å². The average molecular weight is 444 g/mol. The van der Waals surface area contributed by atoms with Crippen molar-refractivity contribution in [1.29, 1.82) is 0 Å². The Hall–Kier alpha value is -2.20. The third kappa shape index (κ3) is 5.69. The van der Waals surface area contributed by atoms with Gasteiger partial charge in [0.05, 0.1) is 7.11 Å². The Morgan fingerprint density at radius 2 is 1.60 bits per heavy atom. The van der Waals surface area contributed by atoms with E-state index in [1.165, 1.54) is 5.56 Å². The van der Waals surface area contributed by atoms with E-state index < -0.39 is 0 Å². The molecule has 0 aromatic heterocycles. The first kappa shape index (κ1) is 22.5. The highest BCUT2D eigenvalue weighted by Gasteiger charge is 2.15. The van der Waals surface area contributed by atoms with Gasteiger partial charge in [-0.05, 0) is 30.2 Å². The van der Waals surface area contributed by atoms with Crippen LogP contribution < -0.4 is 14.8 Å². The van der Waals surface area contributed by atoms with Crippen molar-refractivity contribution in [3.05, 3.63) is 93.5 Å². The number of halogens is 2. The summed E-state index contributed by atoms with van der Waals surface area (Å²) in [5.41, 5.74) is 3.07. The van der Waals surface area contributed by atoms with Gasteiger partial charge in [0.15, 0.2) is 11.5 Å². The minimum absolute atomic E-state index is 0.267. The van der Waals surface area contributed by atoms with Crippen molar-refractivity contribution in [3.63, 3.8) is 0 Å². The van der Waals surface area contributed by atoms with Crippen molar-refractivity contribution in [2.45, 2.75) is 39.0 Å². The zero-order chi connectivity index (χ0) is 21.3. The summed E-state index contributed by atoms with van der Waals surface area (Å²) >= 11 is 12.6. The van der Waals surface area contributed by atoms with Gasteiger partial charge in [0.25, 0.3) is 0 Å². The fourth-order valence-electron chi connectivity index (χ4n) is 3.43. The molecule has 30 heavy (non-hydrogen) atoms. The lowest BCUT2D eigenvalue weighted by molar-refractivity contribution is 0.280. The molecular weight excluding hydrogens is 417 g/mol. The summed E-state index contributed by atoms with van der Waals surface area (Å²) < 4.78 is 11.7. The first-order valence-corrected chi connectivity index (χ1v) is 10.9. The number of hydrogen-bond acceptors (Lipinski definition) is 3. The SMILES string of the molecule is CCCC(NCc1cccc(OC)c1OCc1c(Cl)cccc1Cl)c1ccccc1. The second-order valence-corrected chi connectivity index (χ2v) is 7.88. The van der Waals surface area contributed by atoms with Crippen molar-refractivity contribution in [1.82, 2.24) is 5.32 Å². The summed E-state index contributed by atoms with van der Waals surface area (Å²) in [6.45, 7) is 3.12. The second kappa shape index (κ2) is 11.3. The molecule has 0 aliphatic heterocycles. The van der Waals surface area contributed by atoms with Crippen LogP contribution in [0.3, 0.4) is 0 Å². The average Bonchev–Trinajstić information content (AvgIpc) is 2.77. The number of methoxy groups -OCH3 is 1. The first-order valence-electron chi connectivity index (χ1n) is 10.1. The number of nitrogens with one attached hydrogen (secondary N) is 1. The molecule has 3 rings (SSSR count). The summed E-state index contributed by atoms with van der Waals surface area (Å²) in [7, 11) is 1.64. The number of ether oxygens (including phenoxy) is 2. The van der Waals surface area contributed by atoms with Gasteiger partial charge in [0.2, 0.25) is 0 Å². The Kier molecular flexibility index (Phi) is 8.44. The summed E-state index contributed by atoms with van der Waals surface area (Å²) in [6, 6.07) is 22.2. The molecule has 0 radical (unpaired) electrons. The zero-order valence-electron chi connectivity index (χ0n) is 17.3. The molecule has 0 spiro atoms. The van der Waals surface area contributed by atoms with Gasteiger partial charge in [-0.2, -0.15) is 0 Å². The highest BCUT2D eigenvalue weighted by Crippen LogP contribution is 2.34. The van der Waals surface area contributed by atoms with Crippen molar-refractivity contribution >= 4 is 23.2 Å². The molecule has 1 N–H and O–H groups in total. The molecule has 0 heterocycles. The standard InChI is InChI=1S/C25H27Cl2NO2/c1-3-9-23(18-10-5-4-6-11-18)28-16-19-12-7-15-24(29-2)25(19)30-17-20-21(26)13-8-14-22(20)27/h4-8,10-15,23,28H,3,9,16-17H2,1-2H3. The lowest BCUT2D eigenvalue weighted by Crippen LogP contribution is -2.21. The van der Waals surface area contributed by atoms with E-state index in [0.29, 0.717) is 28.1 Å². The quantitative estimate of drug-likeness (QED) is 0.358. The number of hydrogen-bond donors (Lipinski definition) is 1. The van der Waals surface area contributed by atoms with Crippen molar-refractivity contribution < 1.29 is 9.47 Å². The van der Waals surface area contributed by atoms with Gasteiger partial charge in [-0.25, -0.2) is 0 Å². The second-order valence-electron chi connectivity index (χ2n) is 7.07. The van der Waals surface area contributed by atoms with E-state index in [4.69, 9.17) is 32.7 Å². The summed E-state index contributed by atoms with van der Waals surface area (Å²) in [6.07, 6.45) is 2.15. The molecule has 5 heteroatoms. The molecule has 3 nitrogen and oxygen atoms in total. The number of para-hydroxylation sites is 1. The van der Waals surface area contributed by atoms with Gasteiger partial charge >= 0.3 is 0 Å². The van der Waals surface area contributed by atoms with E-state index in [1.54, 1.807) is 7.11 Å². The summed E-state index contributed by atoms with van der Waals surface area (Å²) in [4.78, 5) is 0. The molecule has 1 unspecified atom stereocenters. The first-order chi connectivity index (χ1) is 14.6. The van der Waals surface area contributed by atoms with E-state index in [-0.39, 0.29) is 12.6 Å². The number of benzene rings is 3. The third-order valence-electron chi connectivity index (χ3n) is 5.02. The molecule has 0 aliphatic rings. The minimum atomic E-state index is 0.267. The summed E-state index contributed by atoms with van der Waals surface area (Å²) in [5.74, 6) is 1.39. The van der Waals surface area contributed by atoms with Crippen LogP contribution in [0, 0.1) is 0 Å². The Morgan fingerprint density at radius 1 is 0.900 bits per heavy atom. The normalized spacial score (nSPS) is 11.9. The lowest BCUT2D eigenvalue weighted by Gasteiger charge is -2.21. The molecule has 158 valence electrons. The zero-order valence-corrected chi connectivity index (χ0v) is 18.8. The number of rotatable bonds is 10. The molecule has 0 fully saturated rings. The van der Waals surface area contributed by atoms with E-state index >= 15 is 0 Å². The van der Waals surface area contributed by atoms with Crippen molar-refractivity contribution in [2.75, 3.05) is 7.11 Å². The van der Waals surface area contributed by atoms with Gasteiger partial charge in [-0.3, -0.25) is 0 Å². The van der Waals surface area contributed by atoms with Crippen LogP contribution in [0.2, 0.25) is 10.0 Å². The van der Waals surface area contributed by atoms with Crippen LogP contribution in [-0.4, -0.2) is 7.11 Å². The predicted molar refractivity (Wildman–Crippen MR) is 125 cm³/mol. The monoisotopic (exact) mass is 443 g/mol. The van der Waals surface area contributed by atoms with E-state index in [2.05, 4.69) is 36.5 Å². The van der Waals surface area contributed by atoms with E-state index in [9.17, 15) is 0 Å². The molecule has 0 aliphatic carbocycles. The largest absolute Gasteiger partial charge is 0.493 e. The fraction of sp³-hybridized carbons (Fsp3) is 0.280. The van der Waals surface area contributed by atoms with Crippen LogP contribution in [0.15, 0.2) is 66.7 Å². The lowest BCUT2D eigenvalue weighted by atomic mass is 10.0. The highest BCUT2D eigenvalue weighted by atomic mass is 35.5. The molecule has 1 atom stereocenters. The van der Waals surface area contributed by atoms with Crippen LogP contribution in [0.4, 0.5) is 0 Å². The van der Waals surface area contributed by atoms with Crippen LogP contribution in [0.5, 0.6) is 11.5 Å². The van der Waals surface area contributed by atoms with Crippen LogP contribution in [0.1, 0.15) is 42.5 Å². The Bertz CT molecular complexity index is 927. The van der Waals surface area contributed by atoms with Crippen LogP contribution >= 0.6 is 23.2 Å².